The highest BCUT2D eigenvalue weighted by Gasteiger charge is 2.46. The molecule has 1 aliphatic rings. The molecular formula is C12H11BrFNO3. The fourth-order valence-electron chi connectivity index (χ4n) is 1.88. The van der Waals surface area contributed by atoms with Crippen molar-refractivity contribution in [1.29, 1.82) is 0 Å². The van der Waals surface area contributed by atoms with Gasteiger partial charge in [0.2, 0.25) is 0 Å². The normalized spacial score (nSPS) is 16.8. The van der Waals surface area contributed by atoms with Gasteiger partial charge in [-0.15, -0.1) is 0 Å². The lowest BCUT2D eigenvalue weighted by Crippen LogP contribution is -2.59. The standard InChI is InChI=1S/C12H11BrFNO3/c13-7-2-3-9(14)8(6-7)10(16)15-12(11(17)18)4-1-5-12/h2-3,6H,1,4-5H2,(H,15,16)(H,17,18). The zero-order chi connectivity index (χ0) is 13.3. The first-order chi connectivity index (χ1) is 8.44. The van der Waals surface area contributed by atoms with Crippen molar-refractivity contribution in [2.24, 2.45) is 0 Å². The second kappa shape index (κ2) is 4.68. The molecule has 0 heterocycles. The summed E-state index contributed by atoms with van der Waals surface area (Å²) < 4.78 is 14.1. The lowest BCUT2D eigenvalue weighted by atomic mass is 9.76. The van der Waals surface area contributed by atoms with E-state index < -0.39 is 23.2 Å². The summed E-state index contributed by atoms with van der Waals surface area (Å²) in [5.41, 5.74) is -1.39. The maximum absolute atomic E-state index is 13.5. The Morgan fingerprint density at radius 1 is 1.39 bits per heavy atom. The van der Waals surface area contributed by atoms with Crippen molar-refractivity contribution < 1.29 is 19.1 Å². The van der Waals surface area contributed by atoms with E-state index in [1.54, 1.807) is 0 Å². The predicted octanol–water partition coefficient (Wildman–Crippen LogP) is 2.33. The van der Waals surface area contributed by atoms with Crippen molar-refractivity contribution in [1.82, 2.24) is 5.32 Å². The monoisotopic (exact) mass is 315 g/mol. The number of carbonyl (C=O) groups excluding carboxylic acids is 1. The summed E-state index contributed by atoms with van der Waals surface area (Å²) in [5, 5.41) is 11.5. The summed E-state index contributed by atoms with van der Waals surface area (Å²) in [6.45, 7) is 0. The molecule has 1 amide bonds. The van der Waals surface area contributed by atoms with Crippen LogP contribution < -0.4 is 5.32 Å². The minimum atomic E-state index is -1.23. The van der Waals surface area contributed by atoms with Gasteiger partial charge in [-0.2, -0.15) is 0 Å². The average Bonchev–Trinajstić information content (AvgIpc) is 2.26. The van der Waals surface area contributed by atoms with Crippen LogP contribution in [0.2, 0.25) is 0 Å². The van der Waals surface area contributed by atoms with Crippen LogP contribution >= 0.6 is 15.9 Å². The molecule has 96 valence electrons. The summed E-state index contributed by atoms with van der Waals surface area (Å²) in [5.74, 6) is -2.44. The number of benzene rings is 1. The molecule has 0 bridgehead atoms. The molecule has 0 radical (unpaired) electrons. The SMILES string of the molecule is O=C(NC1(C(=O)O)CCC1)c1cc(Br)ccc1F. The van der Waals surface area contributed by atoms with Gasteiger partial charge in [0, 0.05) is 4.47 Å². The Labute approximate surface area is 111 Å². The van der Waals surface area contributed by atoms with Crippen LogP contribution in [0.3, 0.4) is 0 Å². The lowest BCUT2D eigenvalue weighted by molar-refractivity contribution is -0.148. The number of halogens is 2. The van der Waals surface area contributed by atoms with E-state index in [-0.39, 0.29) is 5.56 Å². The highest BCUT2D eigenvalue weighted by atomic mass is 79.9. The Morgan fingerprint density at radius 2 is 2.06 bits per heavy atom. The molecule has 4 nitrogen and oxygen atoms in total. The Kier molecular flexibility index (Phi) is 3.38. The third-order valence-corrected chi connectivity index (χ3v) is 3.64. The molecule has 1 fully saturated rings. The maximum atomic E-state index is 13.5. The molecule has 0 atom stereocenters. The van der Waals surface area contributed by atoms with Crippen LogP contribution in [-0.4, -0.2) is 22.5 Å². The molecule has 2 rings (SSSR count). The fraction of sp³-hybridized carbons (Fsp3) is 0.333. The number of rotatable bonds is 3. The van der Waals surface area contributed by atoms with Crippen LogP contribution in [-0.2, 0) is 4.79 Å². The number of aliphatic carboxylic acids is 1. The summed E-state index contributed by atoms with van der Waals surface area (Å²) in [6, 6.07) is 3.97. The van der Waals surface area contributed by atoms with Gasteiger partial charge in [0.25, 0.3) is 5.91 Å². The van der Waals surface area contributed by atoms with Gasteiger partial charge < -0.3 is 10.4 Å². The summed E-state index contributed by atoms with van der Waals surface area (Å²) >= 11 is 3.14. The van der Waals surface area contributed by atoms with Crippen molar-refractivity contribution in [3.05, 3.63) is 34.1 Å². The van der Waals surface area contributed by atoms with E-state index in [9.17, 15) is 14.0 Å². The first-order valence-electron chi connectivity index (χ1n) is 5.45. The number of nitrogens with one attached hydrogen (secondary N) is 1. The van der Waals surface area contributed by atoms with Gasteiger partial charge in [0.05, 0.1) is 5.56 Å². The third kappa shape index (κ3) is 2.25. The van der Waals surface area contributed by atoms with Gasteiger partial charge in [-0.05, 0) is 37.5 Å². The zero-order valence-corrected chi connectivity index (χ0v) is 11.0. The molecule has 1 aliphatic carbocycles. The van der Waals surface area contributed by atoms with Crippen LogP contribution in [0.5, 0.6) is 0 Å². The quantitative estimate of drug-likeness (QED) is 0.899. The zero-order valence-electron chi connectivity index (χ0n) is 9.37. The minimum absolute atomic E-state index is 0.156. The smallest absolute Gasteiger partial charge is 0.329 e. The number of hydrogen-bond acceptors (Lipinski definition) is 2. The van der Waals surface area contributed by atoms with Crippen LogP contribution in [0.1, 0.15) is 29.6 Å². The fourth-order valence-corrected chi connectivity index (χ4v) is 2.24. The summed E-state index contributed by atoms with van der Waals surface area (Å²) in [7, 11) is 0. The van der Waals surface area contributed by atoms with Crippen LogP contribution in [0.15, 0.2) is 22.7 Å². The van der Waals surface area contributed by atoms with Gasteiger partial charge in [0.15, 0.2) is 0 Å². The summed E-state index contributed by atoms with van der Waals surface area (Å²) in [4.78, 5) is 23.0. The molecule has 1 aromatic rings. The maximum Gasteiger partial charge on any atom is 0.329 e. The van der Waals surface area contributed by atoms with E-state index in [0.717, 1.165) is 12.5 Å². The van der Waals surface area contributed by atoms with Crippen LogP contribution in [0.4, 0.5) is 4.39 Å². The van der Waals surface area contributed by atoms with E-state index in [1.807, 2.05) is 0 Å². The Morgan fingerprint density at radius 3 is 2.56 bits per heavy atom. The predicted molar refractivity (Wildman–Crippen MR) is 65.8 cm³/mol. The van der Waals surface area contributed by atoms with Crippen molar-refractivity contribution in [3.8, 4) is 0 Å². The van der Waals surface area contributed by atoms with E-state index in [2.05, 4.69) is 21.2 Å². The van der Waals surface area contributed by atoms with Gasteiger partial charge in [-0.1, -0.05) is 15.9 Å². The third-order valence-electron chi connectivity index (χ3n) is 3.14. The molecule has 2 N–H and O–H groups in total. The molecule has 0 aromatic heterocycles. The lowest BCUT2D eigenvalue weighted by Gasteiger charge is -2.38. The van der Waals surface area contributed by atoms with Gasteiger partial charge >= 0.3 is 5.97 Å². The highest BCUT2D eigenvalue weighted by Crippen LogP contribution is 2.32. The molecule has 0 aliphatic heterocycles. The van der Waals surface area contributed by atoms with Crippen molar-refractivity contribution in [3.63, 3.8) is 0 Å². The average molecular weight is 316 g/mol. The number of hydrogen-bond donors (Lipinski definition) is 2. The molecule has 18 heavy (non-hydrogen) atoms. The molecule has 6 heteroatoms. The van der Waals surface area contributed by atoms with E-state index in [4.69, 9.17) is 5.11 Å². The van der Waals surface area contributed by atoms with Crippen molar-refractivity contribution >= 4 is 27.8 Å². The van der Waals surface area contributed by atoms with Crippen molar-refractivity contribution in [2.45, 2.75) is 24.8 Å². The molecule has 1 aromatic carbocycles. The molecule has 0 unspecified atom stereocenters. The Balaban J connectivity index is 2.22. The van der Waals surface area contributed by atoms with Gasteiger partial charge in [0.1, 0.15) is 11.4 Å². The number of carbonyl (C=O) groups is 2. The van der Waals surface area contributed by atoms with Gasteiger partial charge in [-0.3, -0.25) is 4.79 Å². The first-order valence-corrected chi connectivity index (χ1v) is 6.25. The molecular weight excluding hydrogens is 305 g/mol. The first kappa shape index (κ1) is 13.0. The molecule has 0 saturated heterocycles. The highest BCUT2D eigenvalue weighted by molar-refractivity contribution is 9.10. The number of carboxylic acid groups (broad SMARTS) is 1. The Hall–Kier alpha value is -1.43. The largest absolute Gasteiger partial charge is 0.480 e. The Bertz CT molecular complexity index is 514. The van der Waals surface area contributed by atoms with E-state index in [0.29, 0.717) is 17.3 Å². The minimum Gasteiger partial charge on any atom is -0.480 e. The number of carboxylic acids is 1. The second-order valence-electron chi connectivity index (χ2n) is 4.32. The summed E-state index contributed by atoms with van der Waals surface area (Å²) in [6.07, 6.45) is 1.50. The molecule has 1 saturated carbocycles. The van der Waals surface area contributed by atoms with Crippen molar-refractivity contribution in [2.75, 3.05) is 0 Å². The molecule has 0 spiro atoms. The van der Waals surface area contributed by atoms with Gasteiger partial charge in [-0.25, -0.2) is 9.18 Å². The number of amides is 1. The van der Waals surface area contributed by atoms with E-state index in [1.165, 1.54) is 12.1 Å². The topological polar surface area (TPSA) is 66.4 Å². The van der Waals surface area contributed by atoms with Crippen LogP contribution in [0.25, 0.3) is 0 Å². The second-order valence-corrected chi connectivity index (χ2v) is 5.23. The van der Waals surface area contributed by atoms with Crippen LogP contribution in [0, 0.1) is 5.82 Å². The van der Waals surface area contributed by atoms with E-state index >= 15 is 0 Å².